The first kappa shape index (κ1) is 14.9. The third-order valence-electron chi connectivity index (χ3n) is 4.33. The van der Waals surface area contributed by atoms with E-state index >= 15 is 0 Å². The maximum Gasteiger partial charge on any atom is 0.253 e. The molecule has 0 bridgehead atoms. The highest BCUT2D eigenvalue weighted by Gasteiger charge is 2.34. The van der Waals surface area contributed by atoms with Gasteiger partial charge in [0, 0.05) is 12.2 Å². The van der Waals surface area contributed by atoms with E-state index in [1.54, 1.807) is 12.1 Å². The van der Waals surface area contributed by atoms with Crippen LogP contribution in [0.2, 0.25) is 0 Å². The summed E-state index contributed by atoms with van der Waals surface area (Å²) in [5, 5.41) is 3.11. The van der Waals surface area contributed by atoms with Crippen LogP contribution < -0.4 is 11.1 Å². The van der Waals surface area contributed by atoms with E-state index in [1.165, 1.54) is 32.1 Å². The van der Waals surface area contributed by atoms with Gasteiger partial charge in [0.2, 0.25) is 0 Å². The minimum Gasteiger partial charge on any atom is -0.398 e. The monoisotopic (exact) mass is 274 g/mol. The van der Waals surface area contributed by atoms with Gasteiger partial charge in [-0.25, -0.2) is 0 Å². The minimum absolute atomic E-state index is 0.0434. The third kappa shape index (κ3) is 3.53. The van der Waals surface area contributed by atoms with E-state index in [-0.39, 0.29) is 5.91 Å². The number of anilines is 1. The SMILES string of the molecule is CC(C)CC1(CNC(=O)c2ccccc2N)CCCC1. The van der Waals surface area contributed by atoms with Crippen LogP contribution in [-0.2, 0) is 0 Å². The molecule has 1 aromatic carbocycles. The molecule has 0 aliphatic heterocycles. The zero-order chi connectivity index (χ0) is 14.6. The maximum atomic E-state index is 12.3. The second kappa shape index (κ2) is 6.29. The molecule has 0 radical (unpaired) electrons. The van der Waals surface area contributed by atoms with Gasteiger partial charge >= 0.3 is 0 Å². The fourth-order valence-electron chi connectivity index (χ4n) is 3.51. The van der Waals surface area contributed by atoms with Crippen LogP contribution >= 0.6 is 0 Å². The van der Waals surface area contributed by atoms with E-state index in [0.29, 0.717) is 22.6 Å². The van der Waals surface area contributed by atoms with E-state index in [2.05, 4.69) is 19.2 Å². The standard InChI is InChI=1S/C17H26N2O/c1-13(2)11-17(9-5-6-10-17)12-19-16(20)14-7-3-4-8-15(14)18/h3-4,7-8,13H,5-6,9-12,18H2,1-2H3,(H,19,20). The molecule has 1 saturated carbocycles. The summed E-state index contributed by atoms with van der Waals surface area (Å²) in [5.74, 6) is 0.630. The molecular weight excluding hydrogens is 248 g/mol. The van der Waals surface area contributed by atoms with Crippen molar-refractivity contribution >= 4 is 11.6 Å². The van der Waals surface area contributed by atoms with E-state index < -0.39 is 0 Å². The topological polar surface area (TPSA) is 55.1 Å². The number of hydrogen-bond donors (Lipinski definition) is 2. The molecule has 0 spiro atoms. The Kier molecular flexibility index (Phi) is 4.69. The number of carbonyl (C=O) groups excluding carboxylic acids is 1. The second-order valence-corrected chi connectivity index (χ2v) is 6.58. The number of hydrogen-bond acceptors (Lipinski definition) is 2. The van der Waals surface area contributed by atoms with E-state index in [1.807, 2.05) is 12.1 Å². The minimum atomic E-state index is -0.0434. The van der Waals surface area contributed by atoms with Crippen LogP contribution in [0.25, 0.3) is 0 Å². The van der Waals surface area contributed by atoms with Crippen molar-refractivity contribution in [2.75, 3.05) is 12.3 Å². The molecule has 0 heterocycles. The number of amides is 1. The lowest BCUT2D eigenvalue weighted by Crippen LogP contribution is -2.37. The zero-order valence-electron chi connectivity index (χ0n) is 12.6. The van der Waals surface area contributed by atoms with Crippen LogP contribution in [0, 0.1) is 11.3 Å². The summed E-state index contributed by atoms with van der Waals surface area (Å²) in [6.45, 7) is 5.30. The average molecular weight is 274 g/mol. The maximum absolute atomic E-state index is 12.3. The Morgan fingerprint density at radius 1 is 1.30 bits per heavy atom. The Labute approximate surface area is 121 Å². The van der Waals surface area contributed by atoms with Gasteiger partial charge in [0.15, 0.2) is 0 Å². The summed E-state index contributed by atoms with van der Waals surface area (Å²) in [4.78, 5) is 12.3. The fourth-order valence-corrected chi connectivity index (χ4v) is 3.51. The van der Waals surface area contributed by atoms with Crippen LogP contribution in [0.15, 0.2) is 24.3 Å². The highest BCUT2D eigenvalue weighted by molar-refractivity contribution is 5.99. The molecular formula is C17H26N2O. The van der Waals surface area contributed by atoms with Gasteiger partial charge in [-0.3, -0.25) is 4.79 Å². The molecule has 0 aromatic heterocycles. The van der Waals surface area contributed by atoms with Crippen molar-refractivity contribution in [3.05, 3.63) is 29.8 Å². The first-order chi connectivity index (χ1) is 9.52. The molecule has 3 nitrogen and oxygen atoms in total. The number of para-hydroxylation sites is 1. The van der Waals surface area contributed by atoms with E-state index in [9.17, 15) is 4.79 Å². The molecule has 0 saturated heterocycles. The third-order valence-corrected chi connectivity index (χ3v) is 4.33. The van der Waals surface area contributed by atoms with Crippen molar-refractivity contribution in [3.8, 4) is 0 Å². The van der Waals surface area contributed by atoms with Crippen LogP contribution in [0.1, 0.15) is 56.3 Å². The number of nitrogens with one attached hydrogen (secondary N) is 1. The van der Waals surface area contributed by atoms with Gasteiger partial charge < -0.3 is 11.1 Å². The molecule has 3 N–H and O–H groups in total. The fraction of sp³-hybridized carbons (Fsp3) is 0.588. The molecule has 2 rings (SSSR count). The van der Waals surface area contributed by atoms with Crippen molar-refractivity contribution in [3.63, 3.8) is 0 Å². The van der Waals surface area contributed by atoms with Crippen LogP contribution in [0.4, 0.5) is 5.69 Å². The summed E-state index contributed by atoms with van der Waals surface area (Å²) in [5.41, 5.74) is 7.30. The Morgan fingerprint density at radius 3 is 2.55 bits per heavy atom. The summed E-state index contributed by atoms with van der Waals surface area (Å²) in [7, 11) is 0. The van der Waals surface area contributed by atoms with E-state index in [0.717, 1.165) is 6.54 Å². The van der Waals surface area contributed by atoms with Crippen LogP contribution in [0.3, 0.4) is 0 Å². The Morgan fingerprint density at radius 2 is 1.95 bits per heavy atom. The number of benzene rings is 1. The normalized spacial score (nSPS) is 17.4. The molecule has 1 aromatic rings. The second-order valence-electron chi connectivity index (χ2n) is 6.58. The highest BCUT2D eigenvalue weighted by Crippen LogP contribution is 2.42. The lowest BCUT2D eigenvalue weighted by atomic mass is 9.78. The lowest BCUT2D eigenvalue weighted by molar-refractivity contribution is 0.0922. The van der Waals surface area contributed by atoms with E-state index in [4.69, 9.17) is 5.73 Å². The Bertz CT molecular complexity index is 462. The molecule has 3 heteroatoms. The van der Waals surface area contributed by atoms with Crippen molar-refractivity contribution in [2.45, 2.75) is 46.0 Å². The van der Waals surface area contributed by atoms with Gasteiger partial charge in [-0.1, -0.05) is 38.8 Å². The predicted molar refractivity (Wildman–Crippen MR) is 83.5 cm³/mol. The summed E-state index contributed by atoms with van der Waals surface area (Å²) >= 11 is 0. The molecule has 1 aliphatic carbocycles. The summed E-state index contributed by atoms with van der Waals surface area (Å²) < 4.78 is 0. The predicted octanol–water partition coefficient (Wildman–Crippen LogP) is 3.61. The van der Waals surface area contributed by atoms with Gasteiger partial charge in [0.05, 0.1) is 5.56 Å². The van der Waals surface area contributed by atoms with Gasteiger partial charge in [-0.05, 0) is 42.7 Å². The molecule has 1 aliphatic rings. The average Bonchev–Trinajstić information content (AvgIpc) is 2.84. The van der Waals surface area contributed by atoms with Crippen molar-refractivity contribution < 1.29 is 4.79 Å². The first-order valence-electron chi connectivity index (χ1n) is 7.65. The Hall–Kier alpha value is -1.51. The number of rotatable bonds is 5. The quantitative estimate of drug-likeness (QED) is 0.806. The molecule has 0 unspecified atom stereocenters. The van der Waals surface area contributed by atoms with Gasteiger partial charge in [-0.2, -0.15) is 0 Å². The highest BCUT2D eigenvalue weighted by atomic mass is 16.1. The smallest absolute Gasteiger partial charge is 0.253 e. The molecule has 110 valence electrons. The first-order valence-corrected chi connectivity index (χ1v) is 7.65. The number of carbonyl (C=O) groups is 1. The van der Waals surface area contributed by atoms with Gasteiger partial charge in [-0.15, -0.1) is 0 Å². The molecule has 0 atom stereocenters. The van der Waals surface area contributed by atoms with Gasteiger partial charge in [0.1, 0.15) is 0 Å². The van der Waals surface area contributed by atoms with Crippen LogP contribution in [0.5, 0.6) is 0 Å². The largest absolute Gasteiger partial charge is 0.398 e. The Balaban J connectivity index is 1.99. The summed E-state index contributed by atoms with van der Waals surface area (Å²) in [6, 6.07) is 7.26. The van der Waals surface area contributed by atoms with Crippen molar-refractivity contribution in [2.24, 2.45) is 11.3 Å². The zero-order valence-corrected chi connectivity index (χ0v) is 12.6. The van der Waals surface area contributed by atoms with Gasteiger partial charge in [0.25, 0.3) is 5.91 Å². The lowest BCUT2D eigenvalue weighted by Gasteiger charge is -2.31. The molecule has 20 heavy (non-hydrogen) atoms. The van der Waals surface area contributed by atoms with Crippen molar-refractivity contribution in [1.82, 2.24) is 5.32 Å². The number of nitrogen functional groups attached to an aromatic ring is 1. The van der Waals surface area contributed by atoms with Crippen molar-refractivity contribution in [1.29, 1.82) is 0 Å². The number of nitrogens with two attached hydrogens (primary N) is 1. The molecule has 1 amide bonds. The summed E-state index contributed by atoms with van der Waals surface area (Å²) in [6.07, 6.45) is 6.23. The van der Waals surface area contributed by atoms with Crippen LogP contribution in [-0.4, -0.2) is 12.5 Å². The molecule has 1 fully saturated rings.